The van der Waals surface area contributed by atoms with Crippen molar-refractivity contribution < 1.29 is 23.1 Å². The fourth-order valence-electron chi connectivity index (χ4n) is 3.33. The highest BCUT2D eigenvalue weighted by atomic mass is 32.2. The minimum absolute atomic E-state index is 0.111. The van der Waals surface area contributed by atoms with Gasteiger partial charge in [0, 0.05) is 11.6 Å². The number of rotatable bonds is 7. The standard InChI is InChI=1S/C21H18N2O5S2/c24-19(22-15-9-5-2-6-10-15)17-11-12-18(29-17)30(27,28)23-21(20(25)26)13-16(21)14-7-3-1-4-8-14/h1-12,16,23H,13H2,(H,22,24)(H,25,26)/t16-,21+/m0/s1. The van der Waals surface area contributed by atoms with Gasteiger partial charge in [0.05, 0.1) is 4.88 Å². The zero-order valence-electron chi connectivity index (χ0n) is 15.6. The first-order chi connectivity index (χ1) is 14.3. The van der Waals surface area contributed by atoms with E-state index in [9.17, 15) is 23.1 Å². The van der Waals surface area contributed by atoms with E-state index in [0.29, 0.717) is 5.69 Å². The van der Waals surface area contributed by atoms with Gasteiger partial charge in [-0.05, 0) is 36.2 Å². The Morgan fingerprint density at radius 3 is 2.23 bits per heavy atom. The lowest BCUT2D eigenvalue weighted by molar-refractivity contribution is -0.140. The van der Waals surface area contributed by atoms with Crippen LogP contribution < -0.4 is 10.0 Å². The number of anilines is 1. The van der Waals surface area contributed by atoms with E-state index in [1.54, 1.807) is 48.5 Å². The molecule has 3 aromatic rings. The molecule has 1 aromatic heterocycles. The maximum absolute atomic E-state index is 12.9. The van der Waals surface area contributed by atoms with Gasteiger partial charge in [-0.3, -0.25) is 9.59 Å². The van der Waals surface area contributed by atoms with Crippen LogP contribution in [-0.2, 0) is 14.8 Å². The van der Waals surface area contributed by atoms with Gasteiger partial charge in [0.15, 0.2) is 0 Å². The highest BCUT2D eigenvalue weighted by Crippen LogP contribution is 2.52. The molecule has 1 saturated carbocycles. The summed E-state index contributed by atoms with van der Waals surface area (Å²) in [4.78, 5) is 24.5. The Morgan fingerprint density at radius 2 is 1.60 bits per heavy atom. The second kappa shape index (κ2) is 7.67. The fourth-order valence-corrected chi connectivity index (χ4v) is 5.94. The van der Waals surface area contributed by atoms with Crippen LogP contribution in [0.1, 0.15) is 27.6 Å². The van der Waals surface area contributed by atoms with Gasteiger partial charge < -0.3 is 10.4 Å². The van der Waals surface area contributed by atoms with E-state index in [1.165, 1.54) is 12.1 Å². The summed E-state index contributed by atoms with van der Waals surface area (Å²) < 4.78 is 28.0. The molecule has 1 aliphatic rings. The summed E-state index contributed by atoms with van der Waals surface area (Å²) in [7, 11) is -4.12. The first-order valence-corrected chi connectivity index (χ1v) is 11.4. The first kappa shape index (κ1) is 20.3. The smallest absolute Gasteiger partial charge is 0.325 e. The van der Waals surface area contributed by atoms with E-state index in [0.717, 1.165) is 16.9 Å². The molecular formula is C21H18N2O5S2. The molecule has 0 unspecified atom stereocenters. The number of hydrogen-bond acceptors (Lipinski definition) is 5. The van der Waals surface area contributed by atoms with Gasteiger partial charge in [-0.1, -0.05) is 48.5 Å². The van der Waals surface area contributed by atoms with E-state index in [4.69, 9.17) is 0 Å². The minimum atomic E-state index is -4.12. The van der Waals surface area contributed by atoms with Crippen LogP contribution in [-0.4, -0.2) is 30.9 Å². The summed E-state index contributed by atoms with van der Waals surface area (Å²) in [5.41, 5.74) is -0.236. The van der Waals surface area contributed by atoms with Gasteiger partial charge in [0.25, 0.3) is 15.9 Å². The number of benzene rings is 2. The minimum Gasteiger partial charge on any atom is -0.480 e. The Morgan fingerprint density at radius 1 is 0.967 bits per heavy atom. The molecule has 0 radical (unpaired) electrons. The number of nitrogens with one attached hydrogen (secondary N) is 2. The van der Waals surface area contributed by atoms with Crippen molar-refractivity contribution in [2.24, 2.45) is 0 Å². The molecule has 9 heteroatoms. The van der Waals surface area contributed by atoms with Crippen molar-refractivity contribution in [1.82, 2.24) is 4.72 Å². The van der Waals surface area contributed by atoms with Crippen molar-refractivity contribution in [3.8, 4) is 0 Å². The third-order valence-corrected chi connectivity index (χ3v) is 8.05. The molecule has 4 rings (SSSR count). The average molecular weight is 443 g/mol. The summed E-state index contributed by atoms with van der Waals surface area (Å²) in [6.07, 6.45) is 0.165. The SMILES string of the molecule is O=C(Nc1ccccc1)c1ccc(S(=O)(=O)N[C@]2(C(=O)O)C[C@H]2c2ccccc2)s1. The Labute approximate surface area is 177 Å². The molecule has 1 fully saturated rings. The molecule has 0 aliphatic heterocycles. The number of amides is 1. The molecule has 2 atom stereocenters. The van der Waals surface area contributed by atoms with Crippen molar-refractivity contribution >= 4 is 38.9 Å². The van der Waals surface area contributed by atoms with Crippen molar-refractivity contribution in [3.63, 3.8) is 0 Å². The molecule has 1 amide bonds. The van der Waals surface area contributed by atoms with Crippen LogP contribution in [0.5, 0.6) is 0 Å². The van der Waals surface area contributed by atoms with Gasteiger partial charge in [-0.25, -0.2) is 8.42 Å². The Bertz CT molecular complexity index is 1190. The van der Waals surface area contributed by atoms with E-state index in [2.05, 4.69) is 10.0 Å². The molecule has 0 bridgehead atoms. The highest BCUT2D eigenvalue weighted by molar-refractivity contribution is 7.91. The zero-order valence-corrected chi connectivity index (χ0v) is 17.2. The molecule has 1 heterocycles. The predicted molar refractivity (Wildman–Crippen MR) is 113 cm³/mol. The number of thiophene rings is 1. The third kappa shape index (κ3) is 3.87. The zero-order chi connectivity index (χ0) is 21.4. The fraction of sp³-hybridized carbons (Fsp3) is 0.143. The number of carboxylic acids is 1. The van der Waals surface area contributed by atoms with Gasteiger partial charge in [-0.15, -0.1) is 11.3 Å². The molecule has 154 valence electrons. The summed E-state index contributed by atoms with van der Waals surface area (Å²) in [5, 5.41) is 12.4. The van der Waals surface area contributed by atoms with Gasteiger partial charge >= 0.3 is 5.97 Å². The molecule has 30 heavy (non-hydrogen) atoms. The van der Waals surface area contributed by atoms with E-state index >= 15 is 0 Å². The molecular weight excluding hydrogens is 424 g/mol. The summed E-state index contributed by atoms with van der Waals surface area (Å²) in [6.45, 7) is 0. The quantitative estimate of drug-likeness (QED) is 0.520. The van der Waals surface area contributed by atoms with Crippen molar-refractivity contribution in [3.05, 3.63) is 83.2 Å². The van der Waals surface area contributed by atoms with Crippen molar-refractivity contribution in [1.29, 1.82) is 0 Å². The molecule has 3 N–H and O–H groups in total. The second-order valence-corrected chi connectivity index (χ2v) is 9.98. The maximum atomic E-state index is 12.9. The van der Waals surface area contributed by atoms with Crippen LogP contribution in [0, 0.1) is 0 Å². The van der Waals surface area contributed by atoms with E-state index < -0.39 is 33.4 Å². The van der Waals surface area contributed by atoms with Crippen LogP contribution in [0.4, 0.5) is 5.69 Å². The lowest BCUT2D eigenvalue weighted by atomic mass is 10.1. The predicted octanol–water partition coefficient (Wildman–Crippen LogP) is 3.29. The topological polar surface area (TPSA) is 113 Å². The summed E-state index contributed by atoms with van der Waals surface area (Å²) in [6, 6.07) is 20.5. The Balaban J connectivity index is 1.53. The van der Waals surface area contributed by atoms with Gasteiger partial charge in [-0.2, -0.15) is 4.72 Å². The maximum Gasteiger partial charge on any atom is 0.325 e. The largest absolute Gasteiger partial charge is 0.480 e. The lowest BCUT2D eigenvalue weighted by Crippen LogP contribution is -2.44. The van der Waals surface area contributed by atoms with Crippen LogP contribution in [0.2, 0.25) is 0 Å². The van der Waals surface area contributed by atoms with E-state index in [-0.39, 0.29) is 15.5 Å². The molecule has 7 nitrogen and oxygen atoms in total. The normalized spacial score (nSPS) is 20.5. The number of hydrogen-bond donors (Lipinski definition) is 3. The second-order valence-electron chi connectivity index (χ2n) is 6.99. The number of carbonyl (C=O) groups is 2. The van der Waals surface area contributed by atoms with Crippen molar-refractivity contribution in [2.75, 3.05) is 5.32 Å². The number of carboxylic acid groups (broad SMARTS) is 1. The van der Waals surface area contributed by atoms with Crippen LogP contribution >= 0.6 is 11.3 Å². The molecule has 2 aromatic carbocycles. The van der Waals surface area contributed by atoms with Gasteiger partial charge in [0.1, 0.15) is 9.75 Å². The van der Waals surface area contributed by atoms with Crippen molar-refractivity contribution in [2.45, 2.75) is 22.1 Å². The monoisotopic (exact) mass is 442 g/mol. The summed E-state index contributed by atoms with van der Waals surface area (Å²) >= 11 is 0.789. The van der Waals surface area contributed by atoms with Gasteiger partial charge in [0.2, 0.25) is 0 Å². The van der Waals surface area contributed by atoms with Crippen LogP contribution in [0.25, 0.3) is 0 Å². The Kier molecular flexibility index (Phi) is 5.19. The lowest BCUT2D eigenvalue weighted by Gasteiger charge is -2.14. The number of sulfonamides is 1. The Hall–Kier alpha value is -3.01. The number of para-hydroxylation sites is 1. The molecule has 1 aliphatic carbocycles. The molecule has 0 spiro atoms. The summed E-state index contributed by atoms with van der Waals surface area (Å²) in [5.74, 6) is -2.11. The van der Waals surface area contributed by atoms with E-state index in [1.807, 2.05) is 12.1 Å². The average Bonchev–Trinajstić information content (AvgIpc) is 3.22. The van der Waals surface area contributed by atoms with Crippen LogP contribution in [0.3, 0.4) is 0 Å². The number of carbonyl (C=O) groups excluding carboxylic acids is 1. The number of aliphatic carboxylic acids is 1. The first-order valence-electron chi connectivity index (χ1n) is 9.10. The molecule has 0 saturated heterocycles. The highest BCUT2D eigenvalue weighted by Gasteiger charge is 2.63. The third-order valence-electron chi connectivity index (χ3n) is 4.96. The van der Waals surface area contributed by atoms with Crippen LogP contribution in [0.15, 0.2) is 77.0 Å².